The first-order valence-electron chi connectivity index (χ1n) is 5.42. The van der Waals surface area contributed by atoms with Gasteiger partial charge in [0.25, 0.3) is 0 Å². The molecule has 20 heavy (non-hydrogen) atoms. The number of carbonyl (C=O) groups excluding carboxylic acids is 1. The summed E-state index contributed by atoms with van der Waals surface area (Å²) in [5.74, 6) is -3.12. The number of carbonyl (C=O) groups is 1. The summed E-state index contributed by atoms with van der Waals surface area (Å²) >= 11 is 5.49. The standard InChI is InChI=1S/C11H10ClF4NO3/c1-2-19-9(18)3-6-7(4-12)10(17-5-8(6)13)20-11(14,15)16/h5H,2-4H2,1H3. The molecule has 0 aromatic carbocycles. The van der Waals surface area contributed by atoms with Gasteiger partial charge < -0.3 is 9.47 Å². The molecule has 0 saturated heterocycles. The summed E-state index contributed by atoms with van der Waals surface area (Å²) in [4.78, 5) is 14.5. The first-order chi connectivity index (χ1) is 9.28. The van der Waals surface area contributed by atoms with Gasteiger partial charge in [0, 0.05) is 11.1 Å². The van der Waals surface area contributed by atoms with Crippen LogP contribution < -0.4 is 4.74 Å². The Morgan fingerprint density at radius 3 is 2.55 bits per heavy atom. The van der Waals surface area contributed by atoms with Gasteiger partial charge in [-0.2, -0.15) is 0 Å². The third-order valence-electron chi connectivity index (χ3n) is 2.18. The number of pyridine rings is 1. The van der Waals surface area contributed by atoms with Crippen LogP contribution in [0.5, 0.6) is 5.88 Å². The summed E-state index contributed by atoms with van der Waals surface area (Å²) in [5, 5.41) is 0. The zero-order valence-corrected chi connectivity index (χ0v) is 11.0. The van der Waals surface area contributed by atoms with E-state index in [2.05, 4.69) is 14.5 Å². The Bertz CT molecular complexity index is 493. The van der Waals surface area contributed by atoms with Crippen LogP contribution in [0.25, 0.3) is 0 Å². The van der Waals surface area contributed by atoms with Gasteiger partial charge in [-0.1, -0.05) is 0 Å². The largest absolute Gasteiger partial charge is 0.574 e. The van der Waals surface area contributed by atoms with Gasteiger partial charge in [-0.05, 0) is 6.92 Å². The fourth-order valence-corrected chi connectivity index (χ4v) is 1.70. The van der Waals surface area contributed by atoms with Gasteiger partial charge in [-0.15, -0.1) is 24.8 Å². The van der Waals surface area contributed by atoms with E-state index in [0.29, 0.717) is 6.20 Å². The highest BCUT2D eigenvalue weighted by molar-refractivity contribution is 6.17. The number of halogens is 5. The van der Waals surface area contributed by atoms with E-state index in [1.54, 1.807) is 6.92 Å². The lowest BCUT2D eigenvalue weighted by Gasteiger charge is -2.14. The second-order valence-electron chi connectivity index (χ2n) is 3.53. The molecular weight excluding hydrogens is 306 g/mol. The smallest absolute Gasteiger partial charge is 0.466 e. The molecule has 1 heterocycles. The van der Waals surface area contributed by atoms with Gasteiger partial charge in [0.15, 0.2) is 0 Å². The molecule has 9 heteroatoms. The molecule has 0 atom stereocenters. The molecule has 0 aliphatic heterocycles. The van der Waals surface area contributed by atoms with Crippen molar-refractivity contribution >= 4 is 17.6 Å². The van der Waals surface area contributed by atoms with Crippen molar-refractivity contribution in [3.8, 4) is 5.88 Å². The number of ether oxygens (including phenoxy) is 2. The van der Waals surface area contributed by atoms with Crippen LogP contribution in [-0.2, 0) is 21.8 Å². The van der Waals surface area contributed by atoms with Gasteiger partial charge in [0.1, 0.15) is 5.82 Å². The van der Waals surface area contributed by atoms with Crippen LogP contribution in [0.3, 0.4) is 0 Å². The molecule has 0 spiro atoms. The van der Waals surface area contributed by atoms with E-state index < -0.39 is 36.3 Å². The summed E-state index contributed by atoms with van der Waals surface area (Å²) in [6.45, 7) is 1.61. The summed E-state index contributed by atoms with van der Waals surface area (Å²) in [6.07, 6.45) is -5.02. The van der Waals surface area contributed by atoms with E-state index in [4.69, 9.17) is 11.6 Å². The minimum Gasteiger partial charge on any atom is -0.466 e. The Balaban J connectivity index is 3.14. The van der Waals surface area contributed by atoms with Crippen LogP contribution in [0.1, 0.15) is 18.1 Å². The molecule has 0 saturated carbocycles. The molecule has 0 unspecified atom stereocenters. The maximum atomic E-state index is 13.6. The molecule has 0 amide bonds. The van der Waals surface area contributed by atoms with Gasteiger partial charge in [-0.25, -0.2) is 9.37 Å². The molecule has 0 fully saturated rings. The van der Waals surface area contributed by atoms with Crippen molar-refractivity contribution in [1.29, 1.82) is 0 Å². The predicted octanol–water partition coefficient (Wildman–Crippen LogP) is 2.96. The van der Waals surface area contributed by atoms with Gasteiger partial charge in [0.05, 0.1) is 25.1 Å². The quantitative estimate of drug-likeness (QED) is 0.476. The maximum Gasteiger partial charge on any atom is 0.574 e. The molecule has 0 aliphatic rings. The molecule has 112 valence electrons. The lowest BCUT2D eigenvalue weighted by atomic mass is 10.1. The highest BCUT2D eigenvalue weighted by atomic mass is 35.5. The molecule has 0 N–H and O–H groups in total. The van der Waals surface area contributed by atoms with E-state index in [9.17, 15) is 22.4 Å². The fourth-order valence-electron chi connectivity index (χ4n) is 1.43. The molecule has 1 aromatic heterocycles. The highest BCUT2D eigenvalue weighted by Gasteiger charge is 2.34. The van der Waals surface area contributed by atoms with Crippen molar-refractivity contribution < 1.29 is 31.8 Å². The second kappa shape index (κ2) is 6.74. The van der Waals surface area contributed by atoms with Crippen molar-refractivity contribution in [3.05, 3.63) is 23.1 Å². The van der Waals surface area contributed by atoms with Crippen LogP contribution in [0, 0.1) is 5.82 Å². The minimum atomic E-state index is -4.99. The summed E-state index contributed by atoms with van der Waals surface area (Å²) in [5.41, 5.74) is -0.662. The van der Waals surface area contributed by atoms with Crippen molar-refractivity contribution in [1.82, 2.24) is 4.98 Å². The number of aromatic nitrogens is 1. The summed E-state index contributed by atoms with van der Waals surface area (Å²) in [7, 11) is 0. The van der Waals surface area contributed by atoms with Crippen molar-refractivity contribution in [3.63, 3.8) is 0 Å². The molecule has 1 aromatic rings. The second-order valence-corrected chi connectivity index (χ2v) is 3.80. The van der Waals surface area contributed by atoms with Crippen LogP contribution in [0.2, 0.25) is 0 Å². The average Bonchev–Trinajstić information content (AvgIpc) is 2.32. The highest BCUT2D eigenvalue weighted by Crippen LogP contribution is 2.29. The third-order valence-corrected chi connectivity index (χ3v) is 2.45. The fraction of sp³-hybridized carbons (Fsp3) is 0.455. The lowest BCUT2D eigenvalue weighted by Crippen LogP contribution is -2.20. The van der Waals surface area contributed by atoms with Gasteiger partial charge in [-0.3, -0.25) is 4.79 Å². The lowest BCUT2D eigenvalue weighted by molar-refractivity contribution is -0.276. The number of hydrogen-bond donors (Lipinski definition) is 0. The first kappa shape index (κ1) is 16.5. The van der Waals surface area contributed by atoms with Crippen LogP contribution in [0.15, 0.2) is 6.20 Å². The van der Waals surface area contributed by atoms with Crippen LogP contribution >= 0.6 is 11.6 Å². The molecule has 0 bridgehead atoms. The van der Waals surface area contributed by atoms with Crippen LogP contribution in [-0.4, -0.2) is 23.9 Å². The zero-order valence-electron chi connectivity index (χ0n) is 10.3. The molecule has 1 rings (SSSR count). The van der Waals surface area contributed by atoms with Gasteiger partial charge >= 0.3 is 12.3 Å². The van der Waals surface area contributed by atoms with Crippen LogP contribution in [0.4, 0.5) is 17.6 Å². The Kier molecular flexibility index (Phi) is 5.55. The Morgan fingerprint density at radius 2 is 2.05 bits per heavy atom. The van der Waals surface area contributed by atoms with Crippen molar-refractivity contribution in [2.24, 2.45) is 0 Å². The monoisotopic (exact) mass is 315 g/mol. The number of nitrogens with zero attached hydrogens (tertiary/aromatic N) is 1. The summed E-state index contributed by atoms with van der Waals surface area (Å²) < 4.78 is 58.4. The number of hydrogen-bond acceptors (Lipinski definition) is 4. The summed E-state index contributed by atoms with van der Waals surface area (Å²) in [6, 6.07) is 0. The van der Waals surface area contributed by atoms with E-state index in [-0.39, 0.29) is 17.7 Å². The normalized spacial score (nSPS) is 11.3. The average molecular weight is 316 g/mol. The van der Waals surface area contributed by atoms with E-state index in [1.807, 2.05) is 0 Å². The molecule has 0 radical (unpaired) electrons. The number of alkyl halides is 4. The topological polar surface area (TPSA) is 48.4 Å². The third kappa shape index (κ3) is 4.52. The Labute approximate surface area is 116 Å². The Hall–Kier alpha value is -1.57. The SMILES string of the molecule is CCOC(=O)Cc1c(F)cnc(OC(F)(F)F)c1CCl. The zero-order chi connectivity index (χ0) is 15.3. The number of esters is 1. The predicted molar refractivity (Wildman–Crippen MR) is 60.8 cm³/mol. The van der Waals surface area contributed by atoms with Gasteiger partial charge in [0.2, 0.25) is 5.88 Å². The maximum absolute atomic E-state index is 13.6. The minimum absolute atomic E-state index is 0.0631. The first-order valence-corrected chi connectivity index (χ1v) is 5.95. The van der Waals surface area contributed by atoms with E-state index in [0.717, 1.165) is 0 Å². The molecular formula is C11H10ClF4NO3. The van der Waals surface area contributed by atoms with E-state index >= 15 is 0 Å². The van der Waals surface area contributed by atoms with Crippen molar-refractivity contribution in [2.45, 2.75) is 25.6 Å². The number of rotatable bonds is 5. The van der Waals surface area contributed by atoms with E-state index in [1.165, 1.54) is 0 Å². The molecule has 0 aliphatic carbocycles. The Morgan fingerprint density at radius 1 is 1.40 bits per heavy atom. The molecule has 4 nitrogen and oxygen atoms in total. The van der Waals surface area contributed by atoms with Crippen molar-refractivity contribution in [2.75, 3.05) is 6.61 Å².